The highest BCUT2D eigenvalue weighted by Crippen LogP contribution is 2.24. The minimum Gasteiger partial charge on any atom is -0.379 e. The van der Waals surface area contributed by atoms with Gasteiger partial charge in [0.1, 0.15) is 6.54 Å². The monoisotopic (exact) mass is 476 g/mol. The number of tetrazole rings is 1. The van der Waals surface area contributed by atoms with Gasteiger partial charge in [0.15, 0.2) is 0 Å². The van der Waals surface area contributed by atoms with Crippen LogP contribution in [0.25, 0.3) is 11.4 Å². The van der Waals surface area contributed by atoms with Gasteiger partial charge in [-0.25, -0.2) is 8.42 Å². The number of sulfonamides is 1. The fourth-order valence-corrected chi connectivity index (χ4v) is 4.83. The molecule has 1 saturated heterocycles. The van der Waals surface area contributed by atoms with E-state index in [0.29, 0.717) is 48.4 Å². The van der Waals surface area contributed by atoms with E-state index in [1.807, 2.05) is 0 Å². The number of nitrogens with zero attached hydrogens (tertiary/aromatic N) is 5. The van der Waals surface area contributed by atoms with E-state index in [0.717, 1.165) is 10.4 Å². The Hall–Kier alpha value is -2.86. The molecule has 32 heavy (non-hydrogen) atoms. The summed E-state index contributed by atoms with van der Waals surface area (Å²) >= 11 is 5.99. The Labute approximate surface area is 190 Å². The first-order chi connectivity index (χ1) is 15.3. The molecule has 1 fully saturated rings. The number of rotatable bonds is 6. The summed E-state index contributed by atoms with van der Waals surface area (Å²) in [6.07, 6.45) is 0. The smallest absolute Gasteiger partial charge is 0.248 e. The lowest BCUT2D eigenvalue weighted by atomic mass is 10.2. The molecule has 3 aromatic rings. The SMILES string of the molecule is Cc1ccc(S(=O)(=O)N2CCOCC2)cc1NC(=O)Cn1nnc(-c2cccc(Cl)c2)n1. The fraction of sp³-hybridized carbons (Fsp3) is 0.300. The second-order valence-corrected chi connectivity index (χ2v) is 9.57. The van der Waals surface area contributed by atoms with Crippen molar-refractivity contribution >= 4 is 33.2 Å². The lowest BCUT2D eigenvalue weighted by Crippen LogP contribution is -2.40. The van der Waals surface area contributed by atoms with E-state index >= 15 is 0 Å². The van der Waals surface area contributed by atoms with Gasteiger partial charge in [-0.2, -0.15) is 9.10 Å². The van der Waals surface area contributed by atoms with Gasteiger partial charge >= 0.3 is 0 Å². The molecule has 1 amide bonds. The standard InChI is InChI=1S/C20H21ClN6O4S/c1-14-5-6-17(32(29,30)26-7-9-31-10-8-26)12-18(14)22-19(28)13-27-24-20(23-25-27)15-3-2-4-16(21)11-15/h2-6,11-12H,7-10,13H2,1H3,(H,22,28). The largest absolute Gasteiger partial charge is 0.379 e. The molecule has 1 N–H and O–H groups in total. The minimum atomic E-state index is -3.68. The second-order valence-electron chi connectivity index (χ2n) is 7.20. The number of ether oxygens (including phenoxy) is 1. The first-order valence-electron chi connectivity index (χ1n) is 9.85. The Morgan fingerprint density at radius 3 is 2.72 bits per heavy atom. The van der Waals surface area contributed by atoms with Crippen LogP contribution < -0.4 is 5.32 Å². The molecule has 1 aromatic heterocycles. The summed E-state index contributed by atoms with van der Waals surface area (Å²) in [5.41, 5.74) is 1.81. The van der Waals surface area contributed by atoms with E-state index in [4.69, 9.17) is 16.3 Å². The molecule has 1 aliphatic heterocycles. The Bertz CT molecular complexity index is 1240. The maximum atomic E-state index is 12.9. The van der Waals surface area contributed by atoms with Crippen LogP contribution in [0.2, 0.25) is 5.02 Å². The highest BCUT2D eigenvalue weighted by atomic mass is 35.5. The first-order valence-corrected chi connectivity index (χ1v) is 11.7. The van der Waals surface area contributed by atoms with Crippen LogP contribution in [0.5, 0.6) is 0 Å². The predicted molar refractivity (Wildman–Crippen MR) is 118 cm³/mol. The summed E-state index contributed by atoms with van der Waals surface area (Å²) in [6.45, 7) is 2.91. The van der Waals surface area contributed by atoms with Crippen LogP contribution in [0.4, 0.5) is 5.69 Å². The number of morpholine rings is 1. The molecule has 0 spiro atoms. The third-order valence-corrected chi connectivity index (χ3v) is 7.04. The third-order valence-electron chi connectivity index (χ3n) is 4.91. The van der Waals surface area contributed by atoms with Crippen molar-refractivity contribution < 1.29 is 17.9 Å². The number of aromatic nitrogens is 4. The Balaban J connectivity index is 1.47. The topological polar surface area (TPSA) is 119 Å². The van der Waals surface area contributed by atoms with Gasteiger partial charge in [-0.05, 0) is 42.0 Å². The van der Waals surface area contributed by atoms with E-state index < -0.39 is 15.9 Å². The molecule has 0 atom stereocenters. The number of anilines is 1. The Kier molecular flexibility index (Phi) is 6.51. The van der Waals surface area contributed by atoms with E-state index in [1.165, 1.54) is 16.4 Å². The number of carbonyl (C=O) groups excluding carboxylic acids is 1. The zero-order valence-corrected chi connectivity index (χ0v) is 18.8. The van der Waals surface area contributed by atoms with Crippen molar-refractivity contribution in [2.45, 2.75) is 18.4 Å². The van der Waals surface area contributed by atoms with Crippen molar-refractivity contribution in [3.63, 3.8) is 0 Å². The molecule has 2 heterocycles. The number of carbonyl (C=O) groups is 1. The van der Waals surface area contributed by atoms with Gasteiger partial charge in [-0.1, -0.05) is 29.8 Å². The normalized spacial score (nSPS) is 14.9. The number of hydrogen-bond donors (Lipinski definition) is 1. The summed E-state index contributed by atoms with van der Waals surface area (Å²) in [5.74, 6) is -0.0702. The van der Waals surface area contributed by atoms with Gasteiger partial charge in [0.05, 0.1) is 18.1 Å². The van der Waals surface area contributed by atoms with Crippen LogP contribution >= 0.6 is 11.6 Å². The van der Waals surface area contributed by atoms with Gasteiger partial charge in [0, 0.05) is 29.4 Å². The van der Waals surface area contributed by atoms with Crippen molar-refractivity contribution in [2.75, 3.05) is 31.6 Å². The summed E-state index contributed by atoms with van der Waals surface area (Å²) in [7, 11) is -3.68. The van der Waals surface area contributed by atoms with Crippen LogP contribution in [-0.2, 0) is 26.1 Å². The molecule has 10 nitrogen and oxygen atoms in total. The summed E-state index contributed by atoms with van der Waals surface area (Å²) in [6, 6.07) is 11.7. The van der Waals surface area contributed by atoms with Gasteiger partial charge in [-0.15, -0.1) is 10.2 Å². The van der Waals surface area contributed by atoms with Crippen molar-refractivity contribution in [3.05, 3.63) is 53.1 Å². The van der Waals surface area contributed by atoms with E-state index in [-0.39, 0.29) is 11.4 Å². The number of nitrogens with one attached hydrogen (secondary N) is 1. The quantitative estimate of drug-likeness (QED) is 0.577. The first kappa shape index (κ1) is 22.3. The molecule has 2 aromatic carbocycles. The van der Waals surface area contributed by atoms with Gasteiger partial charge in [0.25, 0.3) is 0 Å². The molecule has 4 rings (SSSR count). The van der Waals surface area contributed by atoms with Crippen molar-refractivity contribution in [1.29, 1.82) is 0 Å². The number of amides is 1. The average Bonchev–Trinajstić information content (AvgIpc) is 3.24. The molecule has 1 aliphatic rings. The van der Waals surface area contributed by atoms with Gasteiger partial charge in [-0.3, -0.25) is 4.79 Å². The number of halogens is 1. The predicted octanol–water partition coefficient (Wildman–Crippen LogP) is 1.96. The molecule has 0 bridgehead atoms. The molecule has 0 aliphatic carbocycles. The number of benzene rings is 2. The van der Waals surface area contributed by atoms with Crippen LogP contribution in [0.15, 0.2) is 47.4 Å². The van der Waals surface area contributed by atoms with E-state index in [2.05, 4.69) is 20.7 Å². The van der Waals surface area contributed by atoms with E-state index in [1.54, 1.807) is 37.3 Å². The maximum Gasteiger partial charge on any atom is 0.248 e. The highest BCUT2D eigenvalue weighted by molar-refractivity contribution is 7.89. The Morgan fingerprint density at radius 1 is 1.19 bits per heavy atom. The number of aryl methyl sites for hydroxylation is 1. The lowest BCUT2D eigenvalue weighted by Gasteiger charge is -2.26. The van der Waals surface area contributed by atoms with Crippen LogP contribution in [0, 0.1) is 6.92 Å². The summed E-state index contributed by atoms with van der Waals surface area (Å²) in [5, 5.41) is 15.3. The minimum absolute atomic E-state index is 0.113. The molecule has 0 radical (unpaired) electrons. The highest BCUT2D eigenvalue weighted by Gasteiger charge is 2.27. The molecule has 168 valence electrons. The van der Waals surface area contributed by atoms with Gasteiger partial charge in [0.2, 0.25) is 21.8 Å². The van der Waals surface area contributed by atoms with Crippen LogP contribution in [0.1, 0.15) is 5.56 Å². The van der Waals surface area contributed by atoms with Gasteiger partial charge < -0.3 is 10.1 Å². The summed E-state index contributed by atoms with van der Waals surface area (Å²) < 4.78 is 32.4. The molecular formula is C20H21ClN6O4S. The third kappa shape index (κ3) is 4.96. The maximum absolute atomic E-state index is 12.9. The Morgan fingerprint density at radius 2 is 1.97 bits per heavy atom. The zero-order chi connectivity index (χ0) is 22.7. The van der Waals surface area contributed by atoms with E-state index in [9.17, 15) is 13.2 Å². The van der Waals surface area contributed by atoms with Crippen LogP contribution in [-0.4, -0.2) is 65.1 Å². The van der Waals surface area contributed by atoms with Crippen molar-refractivity contribution in [3.8, 4) is 11.4 Å². The average molecular weight is 477 g/mol. The lowest BCUT2D eigenvalue weighted by molar-refractivity contribution is -0.117. The zero-order valence-electron chi connectivity index (χ0n) is 17.2. The molecule has 0 unspecified atom stereocenters. The van der Waals surface area contributed by atoms with Crippen molar-refractivity contribution in [2.24, 2.45) is 0 Å². The molecule has 12 heteroatoms. The fourth-order valence-electron chi connectivity index (χ4n) is 3.20. The van der Waals surface area contributed by atoms with Crippen LogP contribution in [0.3, 0.4) is 0 Å². The second kappa shape index (κ2) is 9.33. The number of hydrogen-bond acceptors (Lipinski definition) is 7. The molecule has 0 saturated carbocycles. The summed E-state index contributed by atoms with van der Waals surface area (Å²) in [4.78, 5) is 13.8. The van der Waals surface area contributed by atoms with Crippen molar-refractivity contribution in [1.82, 2.24) is 24.5 Å². The molecular weight excluding hydrogens is 456 g/mol.